The van der Waals surface area contributed by atoms with Crippen molar-refractivity contribution in [3.8, 4) is 0 Å². The van der Waals surface area contributed by atoms with Gasteiger partial charge in [-0.2, -0.15) is 0 Å². The van der Waals surface area contributed by atoms with Gasteiger partial charge in [0.15, 0.2) is 6.29 Å². The van der Waals surface area contributed by atoms with Gasteiger partial charge in [-0.1, -0.05) is 13.8 Å². The molecule has 0 aromatic carbocycles. The summed E-state index contributed by atoms with van der Waals surface area (Å²) in [6.07, 6.45) is 1.89. The Labute approximate surface area is 63.5 Å². The van der Waals surface area contributed by atoms with E-state index in [4.69, 9.17) is 9.47 Å². The van der Waals surface area contributed by atoms with Gasteiger partial charge >= 0.3 is 0 Å². The molecule has 0 aromatic heterocycles. The zero-order valence-corrected chi connectivity index (χ0v) is 7.09. The van der Waals surface area contributed by atoms with Crippen molar-refractivity contribution in [1.29, 1.82) is 0 Å². The Kier molecular flexibility index (Phi) is 6.98. The molecule has 2 heteroatoms. The van der Waals surface area contributed by atoms with Gasteiger partial charge in [0.05, 0.1) is 6.61 Å². The summed E-state index contributed by atoms with van der Waals surface area (Å²) in [5.74, 6) is 0. The predicted molar refractivity (Wildman–Crippen MR) is 41.4 cm³/mol. The third-order valence-corrected chi connectivity index (χ3v) is 1.01. The average Bonchev–Trinajstić information content (AvgIpc) is 1.97. The van der Waals surface area contributed by atoms with Crippen LogP contribution >= 0.6 is 0 Å². The van der Waals surface area contributed by atoms with E-state index in [9.17, 15) is 0 Å². The van der Waals surface area contributed by atoms with Crippen molar-refractivity contribution in [2.45, 2.75) is 39.9 Å². The minimum atomic E-state index is -0.0834. The maximum Gasteiger partial charge on any atom is 0.155 e. The summed E-state index contributed by atoms with van der Waals surface area (Å²) >= 11 is 0. The third-order valence-electron chi connectivity index (χ3n) is 1.01. The molecule has 0 aliphatic carbocycles. The molecule has 1 atom stereocenters. The molecule has 0 aromatic rings. The molecule has 10 heavy (non-hydrogen) atoms. The van der Waals surface area contributed by atoms with Gasteiger partial charge in [0.25, 0.3) is 0 Å². The van der Waals surface area contributed by atoms with E-state index in [1.165, 1.54) is 0 Å². The molecule has 0 saturated carbocycles. The van der Waals surface area contributed by atoms with E-state index in [2.05, 4.69) is 6.92 Å². The summed E-state index contributed by atoms with van der Waals surface area (Å²) in [5, 5.41) is 0. The van der Waals surface area contributed by atoms with Gasteiger partial charge in [-0.05, 0) is 19.8 Å². The second-order valence-corrected chi connectivity index (χ2v) is 2.15. The highest BCUT2D eigenvalue weighted by Crippen LogP contribution is 1.98. The normalized spacial score (nSPS) is 10.8. The van der Waals surface area contributed by atoms with Gasteiger partial charge in [-0.3, -0.25) is 0 Å². The van der Waals surface area contributed by atoms with Crippen LogP contribution in [0.5, 0.6) is 0 Å². The first kappa shape index (κ1) is 9.92. The van der Waals surface area contributed by atoms with E-state index < -0.39 is 0 Å². The van der Waals surface area contributed by atoms with Crippen LogP contribution in [0.15, 0.2) is 0 Å². The summed E-state index contributed by atoms with van der Waals surface area (Å²) in [6, 6.07) is 0. The Hall–Kier alpha value is -0.0800. The summed E-state index contributed by atoms with van der Waals surface area (Å²) in [4.78, 5) is 0. The number of hydrogen-bond acceptors (Lipinski definition) is 2. The van der Waals surface area contributed by atoms with Crippen molar-refractivity contribution in [3.63, 3.8) is 0 Å². The van der Waals surface area contributed by atoms with Crippen molar-refractivity contribution in [2.75, 3.05) is 6.61 Å². The average molecular weight is 145 g/mol. The minimum Gasteiger partial charge on any atom is -0.353 e. The summed E-state index contributed by atoms with van der Waals surface area (Å²) < 4.78 is 10.4. The second-order valence-electron chi connectivity index (χ2n) is 2.15. The molecule has 0 amide bonds. The van der Waals surface area contributed by atoms with Gasteiger partial charge in [0.2, 0.25) is 0 Å². The summed E-state index contributed by atoms with van der Waals surface area (Å²) in [6.45, 7) is 8.56. The first-order valence-electron chi connectivity index (χ1n) is 3.90. The zero-order valence-electron chi connectivity index (χ0n) is 7.09. The van der Waals surface area contributed by atoms with E-state index >= 15 is 0 Å². The standard InChI is InChI=1S/C8H17O2/c1-4-6-9-8(3)10-7-5-2/h6,8H,4-5,7H2,1-3H3. The fraction of sp³-hybridized carbons (Fsp3) is 0.875. The van der Waals surface area contributed by atoms with E-state index in [1.807, 2.05) is 13.8 Å². The van der Waals surface area contributed by atoms with Gasteiger partial charge in [0, 0.05) is 6.61 Å². The fourth-order valence-corrected chi connectivity index (χ4v) is 0.555. The molecular formula is C8H17O2. The topological polar surface area (TPSA) is 18.5 Å². The molecule has 0 aliphatic heterocycles. The van der Waals surface area contributed by atoms with Crippen LogP contribution in [-0.2, 0) is 9.47 Å². The molecule has 0 fully saturated rings. The summed E-state index contributed by atoms with van der Waals surface area (Å²) in [5.41, 5.74) is 0. The maximum atomic E-state index is 5.24. The second kappa shape index (κ2) is 7.03. The fourth-order valence-electron chi connectivity index (χ4n) is 0.555. The molecule has 2 nitrogen and oxygen atoms in total. The molecule has 0 bridgehead atoms. The van der Waals surface area contributed by atoms with Crippen LogP contribution in [0.4, 0.5) is 0 Å². The first-order valence-corrected chi connectivity index (χ1v) is 3.90. The Bertz CT molecular complexity index is 56.3. The Morgan fingerprint density at radius 3 is 2.60 bits per heavy atom. The Morgan fingerprint density at radius 2 is 2.10 bits per heavy atom. The van der Waals surface area contributed by atoms with Crippen LogP contribution in [0.3, 0.4) is 0 Å². The van der Waals surface area contributed by atoms with Crippen LogP contribution in [0, 0.1) is 6.61 Å². The molecule has 0 N–H and O–H groups in total. The highest BCUT2D eigenvalue weighted by molar-refractivity contribution is 4.44. The lowest BCUT2D eigenvalue weighted by Gasteiger charge is -2.11. The van der Waals surface area contributed by atoms with Crippen LogP contribution in [-0.4, -0.2) is 12.9 Å². The lowest BCUT2D eigenvalue weighted by Crippen LogP contribution is -2.11. The zero-order chi connectivity index (χ0) is 7.82. The molecular weight excluding hydrogens is 128 g/mol. The van der Waals surface area contributed by atoms with E-state index in [0.29, 0.717) is 0 Å². The van der Waals surface area contributed by atoms with Crippen LogP contribution in [0.1, 0.15) is 33.6 Å². The van der Waals surface area contributed by atoms with Crippen molar-refractivity contribution in [2.24, 2.45) is 0 Å². The third kappa shape index (κ3) is 6.05. The molecule has 1 unspecified atom stereocenters. The van der Waals surface area contributed by atoms with Crippen molar-refractivity contribution >= 4 is 0 Å². The minimum absolute atomic E-state index is 0.0834. The predicted octanol–water partition coefficient (Wildman–Crippen LogP) is 2.35. The monoisotopic (exact) mass is 145 g/mol. The SMILES string of the molecule is CC[CH]OC(C)OCCC. The van der Waals surface area contributed by atoms with E-state index in [-0.39, 0.29) is 6.29 Å². The first-order chi connectivity index (χ1) is 4.81. The molecule has 0 saturated heterocycles. The lowest BCUT2D eigenvalue weighted by atomic mass is 10.5. The van der Waals surface area contributed by atoms with Crippen LogP contribution in [0.2, 0.25) is 0 Å². The molecule has 0 heterocycles. The maximum absolute atomic E-state index is 5.24. The molecule has 0 spiro atoms. The van der Waals surface area contributed by atoms with Crippen LogP contribution < -0.4 is 0 Å². The van der Waals surface area contributed by atoms with Crippen molar-refractivity contribution in [1.82, 2.24) is 0 Å². The molecule has 1 radical (unpaired) electrons. The molecule has 61 valence electrons. The number of ether oxygens (including phenoxy) is 2. The van der Waals surface area contributed by atoms with E-state index in [0.717, 1.165) is 19.4 Å². The van der Waals surface area contributed by atoms with Gasteiger partial charge < -0.3 is 9.47 Å². The highest BCUT2D eigenvalue weighted by atomic mass is 16.7. The van der Waals surface area contributed by atoms with Crippen molar-refractivity contribution in [3.05, 3.63) is 6.61 Å². The highest BCUT2D eigenvalue weighted by Gasteiger charge is 1.98. The largest absolute Gasteiger partial charge is 0.353 e. The van der Waals surface area contributed by atoms with Gasteiger partial charge in [-0.25, -0.2) is 0 Å². The van der Waals surface area contributed by atoms with Crippen molar-refractivity contribution < 1.29 is 9.47 Å². The Balaban J connectivity index is 3.00. The number of rotatable bonds is 6. The summed E-state index contributed by atoms with van der Waals surface area (Å²) in [7, 11) is 0. The van der Waals surface area contributed by atoms with E-state index in [1.54, 1.807) is 6.61 Å². The molecule has 0 rings (SSSR count). The number of hydrogen-bond donors (Lipinski definition) is 0. The smallest absolute Gasteiger partial charge is 0.155 e. The van der Waals surface area contributed by atoms with Gasteiger partial charge in [0.1, 0.15) is 0 Å². The van der Waals surface area contributed by atoms with Crippen LogP contribution in [0.25, 0.3) is 0 Å². The van der Waals surface area contributed by atoms with Gasteiger partial charge in [-0.15, -0.1) is 0 Å². The lowest BCUT2D eigenvalue weighted by molar-refractivity contribution is -0.108. The quantitative estimate of drug-likeness (QED) is 0.534. The molecule has 0 aliphatic rings. The Morgan fingerprint density at radius 1 is 1.40 bits per heavy atom.